The number of phenolic OH excluding ortho intramolecular Hbond substituents is 2. The highest BCUT2D eigenvalue weighted by molar-refractivity contribution is 9.10. The highest BCUT2D eigenvalue weighted by atomic mass is 79.9. The van der Waals surface area contributed by atoms with Crippen molar-refractivity contribution in [1.82, 2.24) is 0 Å². The quantitative estimate of drug-likeness (QED) is 0.639. The molecule has 0 saturated heterocycles. The smallest absolute Gasteiger partial charge is 0.263 e. The first kappa shape index (κ1) is 13.2. The lowest BCUT2D eigenvalue weighted by Crippen LogP contribution is -2.13. The maximum absolute atomic E-state index is 12.0. The van der Waals surface area contributed by atoms with E-state index in [2.05, 4.69) is 21.2 Å². The molecule has 5 N–H and O–H groups in total. The average Bonchev–Trinajstić information content (AvgIpc) is 2.33. The molecule has 0 fully saturated rings. The third-order valence-electron chi connectivity index (χ3n) is 2.49. The molecule has 0 saturated carbocycles. The normalized spacial score (nSPS) is 10.2. The van der Waals surface area contributed by atoms with E-state index in [0.717, 1.165) is 0 Å². The molecule has 2 rings (SSSR count). The van der Waals surface area contributed by atoms with Crippen LogP contribution in [0.1, 0.15) is 10.4 Å². The van der Waals surface area contributed by atoms with E-state index < -0.39 is 5.91 Å². The lowest BCUT2D eigenvalue weighted by molar-refractivity contribution is 0.102. The number of nitrogens with one attached hydrogen (secondary N) is 1. The van der Waals surface area contributed by atoms with E-state index in [1.165, 1.54) is 18.2 Å². The van der Waals surface area contributed by atoms with Gasteiger partial charge in [0.05, 0.1) is 5.69 Å². The highest BCUT2D eigenvalue weighted by Gasteiger charge is 2.17. The van der Waals surface area contributed by atoms with Gasteiger partial charge in [-0.05, 0) is 46.3 Å². The van der Waals surface area contributed by atoms with Crippen LogP contribution in [0.3, 0.4) is 0 Å². The topological polar surface area (TPSA) is 95.6 Å². The van der Waals surface area contributed by atoms with Gasteiger partial charge in [-0.1, -0.05) is 6.07 Å². The van der Waals surface area contributed by atoms with Gasteiger partial charge in [0.15, 0.2) is 0 Å². The minimum Gasteiger partial charge on any atom is -0.507 e. The van der Waals surface area contributed by atoms with E-state index in [9.17, 15) is 15.0 Å². The van der Waals surface area contributed by atoms with Gasteiger partial charge in [-0.2, -0.15) is 0 Å². The maximum atomic E-state index is 12.0. The molecule has 0 aliphatic heterocycles. The molecule has 19 heavy (non-hydrogen) atoms. The third kappa shape index (κ3) is 2.79. The number of anilines is 2. The summed E-state index contributed by atoms with van der Waals surface area (Å²) in [6.07, 6.45) is 0. The van der Waals surface area contributed by atoms with Crippen LogP contribution in [0, 0.1) is 0 Å². The molecule has 2 aromatic carbocycles. The fraction of sp³-hybridized carbons (Fsp3) is 0. The molecule has 1 amide bonds. The first-order chi connectivity index (χ1) is 8.99. The van der Waals surface area contributed by atoms with Crippen LogP contribution in [-0.2, 0) is 0 Å². The standard InChI is InChI=1S/C13H11BrN2O3/c14-8-5-4-7(15)6-9(8)16-13(19)12-10(17)2-1-3-11(12)18/h1-6,17-18H,15H2,(H,16,19). The van der Waals surface area contributed by atoms with E-state index >= 15 is 0 Å². The maximum Gasteiger partial charge on any atom is 0.263 e. The Morgan fingerprint density at radius 3 is 2.42 bits per heavy atom. The van der Waals surface area contributed by atoms with Crippen molar-refractivity contribution in [3.05, 3.63) is 46.4 Å². The first-order valence-corrected chi connectivity index (χ1v) is 6.15. The Hall–Kier alpha value is -2.21. The Morgan fingerprint density at radius 2 is 1.79 bits per heavy atom. The number of carbonyl (C=O) groups excluding carboxylic acids is 1. The molecule has 0 unspecified atom stereocenters. The van der Waals surface area contributed by atoms with Crippen molar-refractivity contribution in [2.24, 2.45) is 0 Å². The van der Waals surface area contributed by atoms with Gasteiger partial charge in [-0.25, -0.2) is 0 Å². The Balaban J connectivity index is 2.34. The Bertz CT molecular complexity index is 624. The molecule has 0 bridgehead atoms. The fourth-order valence-corrected chi connectivity index (χ4v) is 1.93. The van der Waals surface area contributed by atoms with Crippen LogP contribution in [0.15, 0.2) is 40.9 Å². The third-order valence-corrected chi connectivity index (χ3v) is 3.18. The van der Waals surface area contributed by atoms with Gasteiger partial charge in [0.25, 0.3) is 5.91 Å². The number of amides is 1. The minimum atomic E-state index is -0.623. The van der Waals surface area contributed by atoms with Crippen molar-refractivity contribution in [2.75, 3.05) is 11.1 Å². The molecule has 0 aromatic heterocycles. The summed E-state index contributed by atoms with van der Waals surface area (Å²) in [5, 5.41) is 21.8. The predicted molar refractivity (Wildman–Crippen MR) is 76.3 cm³/mol. The lowest BCUT2D eigenvalue weighted by Gasteiger charge is -2.10. The number of benzene rings is 2. The van der Waals surface area contributed by atoms with Gasteiger partial charge in [-0.3, -0.25) is 4.79 Å². The zero-order valence-corrected chi connectivity index (χ0v) is 11.3. The van der Waals surface area contributed by atoms with E-state index in [1.54, 1.807) is 18.2 Å². The largest absolute Gasteiger partial charge is 0.507 e. The molecule has 6 heteroatoms. The van der Waals surface area contributed by atoms with Gasteiger partial charge in [0.2, 0.25) is 0 Å². The zero-order chi connectivity index (χ0) is 14.0. The van der Waals surface area contributed by atoms with E-state index in [-0.39, 0.29) is 17.1 Å². The van der Waals surface area contributed by atoms with Crippen LogP contribution in [0.2, 0.25) is 0 Å². The van der Waals surface area contributed by atoms with Crippen LogP contribution in [0.5, 0.6) is 11.5 Å². The van der Waals surface area contributed by atoms with E-state index in [1.807, 2.05) is 0 Å². The number of phenols is 2. The molecular formula is C13H11BrN2O3. The van der Waals surface area contributed by atoms with Crippen molar-refractivity contribution in [3.63, 3.8) is 0 Å². The molecule has 0 radical (unpaired) electrons. The number of hydrogen-bond donors (Lipinski definition) is 4. The van der Waals surface area contributed by atoms with Crippen LogP contribution in [0.4, 0.5) is 11.4 Å². The summed E-state index contributed by atoms with van der Waals surface area (Å²) in [5.74, 6) is -1.21. The van der Waals surface area contributed by atoms with Gasteiger partial charge in [0, 0.05) is 10.2 Å². The summed E-state index contributed by atoms with van der Waals surface area (Å²) in [7, 11) is 0. The van der Waals surface area contributed by atoms with Crippen LogP contribution in [-0.4, -0.2) is 16.1 Å². The zero-order valence-electron chi connectivity index (χ0n) is 9.72. The van der Waals surface area contributed by atoms with Crippen molar-refractivity contribution in [1.29, 1.82) is 0 Å². The van der Waals surface area contributed by atoms with E-state index in [0.29, 0.717) is 15.8 Å². The summed E-state index contributed by atoms with van der Waals surface area (Å²) >= 11 is 3.27. The van der Waals surface area contributed by atoms with Gasteiger partial charge < -0.3 is 21.3 Å². The number of aromatic hydroxyl groups is 2. The first-order valence-electron chi connectivity index (χ1n) is 5.36. The predicted octanol–water partition coefficient (Wildman–Crippen LogP) is 2.69. The number of nitrogens with two attached hydrogens (primary N) is 1. The lowest BCUT2D eigenvalue weighted by atomic mass is 10.1. The summed E-state index contributed by atoms with van der Waals surface area (Å²) < 4.78 is 0.643. The number of carbonyl (C=O) groups is 1. The summed E-state index contributed by atoms with van der Waals surface area (Å²) in [6, 6.07) is 9.02. The fourth-order valence-electron chi connectivity index (χ4n) is 1.58. The van der Waals surface area contributed by atoms with Crippen LogP contribution >= 0.6 is 15.9 Å². The molecule has 0 aliphatic carbocycles. The monoisotopic (exact) mass is 322 g/mol. The van der Waals surface area contributed by atoms with Gasteiger partial charge >= 0.3 is 0 Å². The molecule has 2 aromatic rings. The summed E-state index contributed by atoms with van der Waals surface area (Å²) in [5.41, 5.74) is 6.38. The van der Waals surface area contributed by atoms with Crippen LogP contribution < -0.4 is 11.1 Å². The molecule has 0 spiro atoms. The Labute approximate surface area is 117 Å². The summed E-state index contributed by atoms with van der Waals surface area (Å²) in [4.78, 5) is 12.0. The minimum absolute atomic E-state index is 0.183. The number of hydrogen-bond acceptors (Lipinski definition) is 4. The number of halogens is 1. The molecule has 0 heterocycles. The SMILES string of the molecule is Nc1ccc(Br)c(NC(=O)c2c(O)cccc2O)c1. The number of rotatable bonds is 2. The molecule has 0 atom stereocenters. The van der Waals surface area contributed by atoms with E-state index in [4.69, 9.17) is 5.73 Å². The second-order valence-corrected chi connectivity index (χ2v) is 4.72. The molecule has 0 aliphatic rings. The van der Waals surface area contributed by atoms with Gasteiger partial charge in [-0.15, -0.1) is 0 Å². The molecule has 98 valence electrons. The van der Waals surface area contributed by atoms with Crippen molar-refractivity contribution >= 4 is 33.2 Å². The number of nitrogen functional groups attached to an aromatic ring is 1. The Kier molecular flexibility index (Phi) is 3.62. The van der Waals surface area contributed by atoms with Crippen LogP contribution in [0.25, 0.3) is 0 Å². The highest BCUT2D eigenvalue weighted by Crippen LogP contribution is 2.29. The van der Waals surface area contributed by atoms with Gasteiger partial charge in [0.1, 0.15) is 17.1 Å². The van der Waals surface area contributed by atoms with Crippen molar-refractivity contribution in [3.8, 4) is 11.5 Å². The Morgan fingerprint density at radius 1 is 1.16 bits per heavy atom. The van der Waals surface area contributed by atoms with Crippen molar-refractivity contribution in [2.45, 2.75) is 0 Å². The second-order valence-electron chi connectivity index (χ2n) is 3.86. The molecule has 5 nitrogen and oxygen atoms in total. The average molecular weight is 323 g/mol. The van der Waals surface area contributed by atoms with Crippen molar-refractivity contribution < 1.29 is 15.0 Å². The molecular weight excluding hydrogens is 312 g/mol. The summed E-state index contributed by atoms with van der Waals surface area (Å²) in [6.45, 7) is 0. The second kappa shape index (κ2) is 5.19.